The van der Waals surface area contributed by atoms with Gasteiger partial charge < -0.3 is 0 Å². The number of rotatable bonds is 2. The zero-order valence-electron chi connectivity index (χ0n) is 11.6. The van der Waals surface area contributed by atoms with Crippen molar-refractivity contribution in [2.45, 2.75) is 40.2 Å². The molecule has 0 saturated heterocycles. The van der Waals surface area contributed by atoms with Gasteiger partial charge in [-0.1, -0.05) is 0 Å². The smallest absolute Gasteiger partial charge is 0.268 e. The van der Waals surface area contributed by atoms with E-state index in [1.807, 2.05) is 0 Å². The number of aromatic nitrogens is 2. The Morgan fingerprint density at radius 2 is 1.89 bits per heavy atom. The number of hydroxylamine groups is 1. The summed E-state index contributed by atoms with van der Waals surface area (Å²) >= 11 is 0. The fourth-order valence-electron chi connectivity index (χ4n) is 1.37. The number of carbonyl (C=O) groups is 1. The quantitative estimate of drug-likeness (QED) is 0.793. The van der Waals surface area contributed by atoms with Crippen LogP contribution in [0.15, 0.2) is 4.79 Å². The molecule has 1 aromatic rings. The van der Waals surface area contributed by atoms with E-state index in [1.165, 1.54) is 7.05 Å². The Morgan fingerprint density at radius 3 is 2.39 bits per heavy atom. The Hall–Kier alpha value is -1.69. The molecule has 0 unspecified atom stereocenters. The molecule has 0 aromatic carbocycles. The minimum Gasteiger partial charge on any atom is -0.268 e. The summed E-state index contributed by atoms with van der Waals surface area (Å²) in [4.78, 5) is 29.0. The monoisotopic (exact) mass is 253 g/mol. The number of nitrogens with one attached hydrogen (secondary N) is 1. The molecule has 100 valence electrons. The minimum absolute atomic E-state index is 0.0641. The third kappa shape index (κ3) is 3.16. The highest BCUT2D eigenvalue weighted by atomic mass is 16.7. The highest BCUT2D eigenvalue weighted by molar-refractivity contribution is 5.94. The molecule has 1 amide bonds. The van der Waals surface area contributed by atoms with Gasteiger partial charge in [-0.3, -0.25) is 14.4 Å². The molecule has 0 aliphatic rings. The molecule has 6 nitrogen and oxygen atoms in total. The van der Waals surface area contributed by atoms with Crippen molar-refractivity contribution in [1.29, 1.82) is 0 Å². The minimum atomic E-state index is -0.548. The van der Waals surface area contributed by atoms with Crippen LogP contribution in [0.3, 0.4) is 0 Å². The zero-order chi connectivity index (χ0) is 14.1. The number of hydrogen-bond acceptors (Lipinski definition) is 4. The van der Waals surface area contributed by atoms with Gasteiger partial charge >= 0.3 is 0 Å². The molecule has 1 N–H and O–H groups in total. The van der Waals surface area contributed by atoms with Crippen molar-refractivity contribution in [2.75, 3.05) is 0 Å². The molecule has 18 heavy (non-hydrogen) atoms. The summed E-state index contributed by atoms with van der Waals surface area (Å²) in [6, 6.07) is 0. The van der Waals surface area contributed by atoms with Crippen molar-refractivity contribution >= 4 is 5.91 Å². The lowest BCUT2D eigenvalue weighted by molar-refractivity contribution is -0.0590. The van der Waals surface area contributed by atoms with Gasteiger partial charge in [0.1, 0.15) is 5.56 Å². The lowest BCUT2D eigenvalue weighted by Gasteiger charge is -2.19. The first-order valence-corrected chi connectivity index (χ1v) is 5.66. The summed E-state index contributed by atoms with van der Waals surface area (Å²) in [5.41, 5.74) is 2.61. The lowest BCUT2D eigenvalue weighted by atomic mass is 10.1. The maximum Gasteiger partial charge on any atom is 0.280 e. The van der Waals surface area contributed by atoms with Crippen LogP contribution in [0.4, 0.5) is 0 Å². The van der Waals surface area contributed by atoms with Crippen LogP contribution >= 0.6 is 0 Å². The summed E-state index contributed by atoms with van der Waals surface area (Å²) in [5, 5.41) is 4.01. The summed E-state index contributed by atoms with van der Waals surface area (Å²) in [6.45, 7) is 8.84. The summed E-state index contributed by atoms with van der Waals surface area (Å²) in [6.07, 6.45) is 0. The van der Waals surface area contributed by atoms with Gasteiger partial charge in [0.05, 0.1) is 11.3 Å². The second kappa shape index (κ2) is 4.89. The normalized spacial score (nSPS) is 11.4. The fourth-order valence-corrected chi connectivity index (χ4v) is 1.37. The van der Waals surface area contributed by atoms with Gasteiger partial charge in [0.15, 0.2) is 0 Å². The molecule has 0 aliphatic heterocycles. The van der Waals surface area contributed by atoms with Gasteiger partial charge in [0.2, 0.25) is 0 Å². The van der Waals surface area contributed by atoms with Gasteiger partial charge in [-0.15, -0.1) is 0 Å². The Kier molecular flexibility index (Phi) is 3.91. The van der Waals surface area contributed by atoms with Crippen molar-refractivity contribution in [3.8, 4) is 0 Å². The van der Waals surface area contributed by atoms with Crippen LogP contribution in [0.25, 0.3) is 0 Å². The second-order valence-electron chi connectivity index (χ2n) is 5.16. The van der Waals surface area contributed by atoms with Crippen molar-refractivity contribution in [1.82, 2.24) is 15.3 Å². The third-order valence-corrected chi connectivity index (χ3v) is 2.40. The van der Waals surface area contributed by atoms with E-state index >= 15 is 0 Å². The van der Waals surface area contributed by atoms with E-state index in [0.29, 0.717) is 11.3 Å². The van der Waals surface area contributed by atoms with Crippen molar-refractivity contribution in [3.05, 3.63) is 27.2 Å². The van der Waals surface area contributed by atoms with Crippen molar-refractivity contribution in [3.63, 3.8) is 0 Å². The molecule has 0 radical (unpaired) electrons. The summed E-state index contributed by atoms with van der Waals surface area (Å²) in [7, 11) is 1.51. The van der Waals surface area contributed by atoms with Crippen LogP contribution in [0.1, 0.15) is 42.4 Å². The van der Waals surface area contributed by atoms with E-state index in [-0.39, 0.29) is 5.56 Å². The Bertz CT molecular complexity index is 527. The molecule has 6 heteroatoms. The first-order chi connectivity index (χ1) is 8.13. The van der Waals surface area contributed by atoms with Gasteiger partial charge in [-0.05, 0) is 40.2 Å². The summed E-state index contributed by atoms with van der Waals surface area (Å²) in [5.74, 6) is -0.548. The molecule has 0 spiro atoms. The van der Waals surface area contributed by atoms with Gasteiger partial charge in [-0.2, -0.15) is 5.10 Å². The number of amides is 1. The standard InChI is InChI=1S/C12H19N3O3/c1-7-8(2)13-15(6)11(17)9(7)10(16)14-18-12(3,4)5/h1-6H3,(H,14,16). The molecule has 1 heterocycles. The molecule has 1 rings (SSSR count). The van der Waals surface area contributed by atoms with E-state index < -0.39 is 17.1 Å². The molecular formula is C12H19N3O3. The fraction of sp³-hybridized carbons (Fsp3) is 0.583. The third-order valence-electron chi connectivity index (χ3n) is 2.40. The predicted octanol–water partition coefficient (Wildman–Crippen LogP) is 0.857. The molecule has 0 saturated carbocycles. The van der Waals surface area contributed by atoms with Gasteiger partial charge in [0.25, 0.3) is 11.5 Å². The largest absolute Gasteiger partial charge is 0.280 e. The summed E-state index contributed by atoms with van der Waals surface area (Å²) < 4.78 is 1.15. The molecule has 0 bridgehead atoms. The van der Waals surface area contributed by atoms with E-state index in [1.54, 1.807) is 34.6 Å². The zero-order valence-corrected chi connectivity index (χ0v) is 11.6. The van der Waals surface area contributed by atoms with E-state index in [0.717, 1.165) is 4.68 Å². The molecule has 1 aromatic heterocycles. The van der Waals surface area contributed by atoms with Crippen molar-refractivity contribution < 1.29 is 9.63 Å². The average molecular weight is 253 g/mol. The first kappa shape index (κ1) is 14.4. The van der Waals surface area contributed by atoms with Crippen LogP contribution in [-0.4, -0.2) is 21.3 Å². The number of hydrogen-bond donors (Lipinski definition) is 1. The Labute approximate surface area is 106 Å². The Balaban J connectivity index is 3.10. The highest BCUT2D eigenvalue weighted by Crippen LogP contribution is 2.08. The van der Waals surface area contributed by atoms with E-state index in [9.17, 15) is 9.59 Å². The average Bonchev–Trinajstić information content (AvgIpc) is 2.23. The Morgan fingerprint density at radius 1 is 1.33 bits per heavy atom. The highest BCUT2D eigenvalue weighted by Gasteiger charge is 2.20. The number of aryl methyl sites for hydroxylation is 2. The second-order valence-corrected chi connectivity index (χ2v) is 5.16. The van der Waals surface area contributed by atoms with Crippen LogP contribution in [-0.2, 0) is 11.9 Å². The lowest BCUT2D eigenvalue weighted by Crippen LogP contribution is -2.38. The molecule has 0 fully saturated rings. The van der Waals surface area contributed by atoms with Gasteiger partial charge in [0, 0.05) is 7.05 Å². The van der Waals surface area contributed by atoms with Crippen LogP contribution in [0.5, 0.6) is 0 Å². The van der Waals surface area contributed by atoms with Crippen molar-refractivity contribution in [2.24, 2.45) is 7.05 Å². The van der Waals surface area contributed by atoms with Gasteiger partial charge in [-0.25, -0.2) is 10.2 Å². The predicted molar refractivity (Wildman–Crippen MR) is 67.3 cm³/mol. The van der Waals surface area contributed by atoms with Crippen LogP contribution < -0.4 is 11.0 Å². The van der Waals surface area contributed by atoms with Crippen LogP contribution in [0, 0.1) is 13.8 Å². The maximum atomic E-state index is 12.0. The topological polar surface area (TPSA) is 73.2 Å². The first-order valence-electron chi connectivity index (χ1n) is 5.66. The number of carbonyl (C=O) groups excluding carboxylic acids is 1. The van der Waals surface area contributed by atoms with Crippen LogP contribution in [0.2, 0.25) is 0 Å². The molecule has 0 aliphatic carbocycles. The van der Waals surface area contributed by atoms with E-state index in [4.69, 9.17) is 4.84 Å². The molecular weight excluding hydrogens is 234 g/mol. The number of nitrogens with zero attached hydrogens (tertiary/aromatic N) is 2. The SMILES string of the molecule is Cc1nn(C)c(=O)c(C(=O)NOC(C)(C)C)c1C. The molecule has 0 atom stereocenters. The van der Waals surface area contributed by atoms with E-state index in [2.05, 4.69) is 10.6 Å². The maximum absolute atomic E-state index is 12.0.